The highest BCUT2D eigenvalue weighted by Crippen LogP contribution is 2.14. The first kappa shape index (κ1) is 15.5. The Morgan fingerprint density at radius 3 is 2.55 bits per heavy atom. The summed E-state index contributed by atoms with van der Waals surface area (Å²) >= 11 is 0. The molecule has 0 bridgehead atoms. The fourth-order valence-electron chi connectivity index (χ4n) is 2.68. The smallest absolute Gasteiger partial charge is 0.212 e. The van der Waals surface area contributed by atoms with Crippen molar-refractivity contribution >= 4 is 10.0 Å². The minimum Gasteiger partial charge on any atom is -0.310 e. The van der Waals surface area contributed by atoms with E-state index >= 15 is 0 Å². The van der Waals surface area contributed by atoms with E-state index in [0.29, 0.717) is 12.5 Å². The lowest BCUT2D eigenvalue weighted by molar-refractivity contribution is 0.297. The number of benzene rings is 1. The van der Waals surface area contributed by atoms with E-state index in [2.05, 4.69) is 17.0 Å². The van der Waals surface area contributed by atoms with Crippen molar-refractivity contribution in [2.24, 2.45) is 0 Å². The summed E-state index contributed by atoms with van der Waals surface area (Å²) in [6.45, 7) is 4.18. The van der Waals surface area contributed by atoms with Crippen LogP contribution in [-0.4, -0.2) is 32.3 Å². The lowest BCUT2D eigenvalue weighted by atomic mass is 9.96. The molecule has 1 aliphatic rings. The Morgan fingerprint density at radius 2 is 1.90 bits per heavy atom. The van der Waals surface area contributed by atoms with Gasteiger partial charge in [0.15, 0.2) is 0 Å². The minimum absolute atomic E-state index is 0.00646. The van der Waals surface area contributed by atoms with Gasteiger partial charge < -0.3 is 5.32 Å². The van der Waals surface area contributed by atoms with Crippen molar-refractivity contribution in [1.29, 1.82) is 0 Å². The Hall–Kier alpha value is -0.910. The first-order chi connectivity index (χ1) is 9.46. The molecule has 0 aromatic heterocycles. The topological polar surface area (TPSA) is 58.2 Å². The largest absolute Gasteiger partial charge is 0.310 e. The van der Waals surface area contributed by atoms with Crippen LogP contribution in [0, 0.1) is 0 Å². The van der Waals surface area contributed by atoms with Crippen LogP contribution in [0.3, 0.4) is 0 Å². The molecule has 0 radical (unpaired) electrons. The van der Waals surface area contributed by atoms with Gasteiger partial charge in [-0.2, -0.15) is 0 Å². The molecular formula is C15H24N2O2S. The molecule has 5 heteroatoms. The van der Waals surface area contributed by atoms with Crippen LogP contribution in [0.1, 0.15) is 32.3 Å². The second kappa shape index (κ2) is 6.70. The molecule has 2 rings (SSSR count). The highest BCUT2D eigenvalue weighted by atomic mass is 32.2. The fraction of sp³-hybridized carbons (Fsp3) is 0.600. The van der Waals surface area contributed by atoms with Crippen LogP contribution >= 0.6 is 0 Å². The monoisotopic (exact) mass is 296 g/mol. The van der Waals surface area contributed by atoms with E-state index in [9.17, 15) is 8.42 Å². The summed E-state index contributed by atoms with van der Waals surface area (Å²) in [5.74, 6) is 0.149. The third-order valence-corrected chi connectivity index (χ3v) is 5.30. The second-order valence-electron chi connectivity index (χ2n) is 5.71. The Morgan fingerprint density at radius 1 is 1.20 bits per heavy atom. The van der Waals surface area contributed by atoms with E-state index in [0.717, 1.165) is 18.4 Å². The molecule has 0 saturated carbocycles. The molecule has 1 aliphatic heterocycles. The predicted octanol–water partition coefficient (Wildman–Crippen LogP) is 1.68. The molecule has 0 amide bonds. The molecular weight excluding hydrogens is 272 g/mol. The Balaban J connectivity index is 1.88. The van der Waals surface area contributed by atoms with Crippen molar-refractivity contribution in [2.75, 3.05) is 5.75 Å². The highest BCUT2D eigenvalue weighted by molar-refractivity contribution is 7.89. The van der Waals surface area contributed by atoms with Gasteiger partial charge in [-0.3, -0.25) is 0 Å². The van der Waals surface area contributed by atoms with E-state index in [1.54, 1.807) is 0 Å². The van der Waals surface area contributed by atoms with E-state index in [-0.39, 0.29) is 17.8 Å². The van der Waals surface area contributed by atoms with Gasteiger partial charge in [-0.25, -0.2) is 13.1 Å². The van der Waals surface area contributed by atoms with E-state index in [1.807, 2.05) is 37.3 Å². The van der Waals surface area contributed by atoms with Gasteiger partial charge in [0.25, 0.3) is 0 Å². The van der Waals surface area contributed by atoms with Crippen LogP contribution in [0.2, 0.25) is 0 Å². The molecule has 20 heavy (non-hydrogen) atoms. The minimum atomic E-state index is -3.22. The molecule has 2 N–H and O–H groups in total. The van der Waals surface area contributed by atoms with Gasteiger partial charge >= 0.3 is 0 Å². The van der Waals surface area contributed by atoms with E-state index in [4.69, 9.17) is 0 Å². The second-order valence-corrected chi connectivity index (χ2v) is 7.59. The summed E-state index contributed by atoms with van der Waals surface area (Å²) in [5, 5.41) is 3.40. The van der Waals surface area contributed by atoms with Crippen molar-refractivity contribution in [1.82, 2.24) is 10.0 Å². The number of piperidine rings is 1. The van der Waals surface area contributed by atoms with E-state index < -0.39 is 10.0 Å². The summed E-state index contributed by atoms with van der Waals surface area (Å²) < 4.78 is 27.2. The maximum atomic E-state index is 12.2. The van der Waals surface area contributed by atoms with Crippen molar-refractivity contribution in [3.8, 4) is 0 Å². The third kappa shape index (κ3) is 4.58. The standard InChI is InChI=1S/C15H24N2O2S/c1-12-8-9-15(13(2)16-12)17-20(18,19)11-10-14-6-4-3-5-7-14/h3-7,12-13,15-17H,8-11H2,1-2H3. The highest BCUT2D eigenvalue weighted by Gasteiger charge is 2.27. The normalized spacial score (nSPS) is 27.4. The number of sulfonamides is 1. The Kier molecular flexibility index (Phi) is 5.18. The SMILES string of the molecule is CC1CCC(NS(=O)(=O)CCc2ccccc2)C(C)N1. The molecule has 1 aromatic rings. The molecule has 1 aromatic carbocycles. The molecule has 0 aliphatic carbocycles. The predicted molar refractivity (Wildman–Crippen MR) is 82.2 cm³/mol. The Labute approximate surface area is 122 Å². The van der Waals surface area contributed by atoms with Crippen molar-refractivity contribution in [3.63, 3.8) is 0 Å². The zero-order chi connectivity index (χ0) is 14.6. The molecule has 4 nitrogen and oxygen atoms in total. The summed E-state index contributed by atoms with van der Waals surface area (Å²) in [6, 6.07) is 10.4. The third-order valence-electron chi connectivity index (χ3n) is 3.89. The van der Waals surface area contributed by atoms with Gasteiger partial charge in [0.05, 0.1) is 5.75 Å². The quantitative estimate of drug-likeness (QED) is 0.869. The molecule has 112 valence electrons. The van der Waals surface area contributed by atoms with Crippen molar-refractivity contribution in [2.45, 2.75) is 51.2 Å². The summed E-state index contributed by atoms with van der Waals surface area (Å²) in [6.07, 6.45) is 2.47. The summed E-state index contributed by atoms with van der Waals surface area (Å²) in [4.78, 5) is 0. The summed E-state index contributed by atoms with van der Waals surface area (Å²) in [7, 11) is -3.22. The number of rotatable bonds is 5. The number of hydrogen-bond acceptors (Lipinski definition) is 3. The lowest BCUT2D eigenvalue weighted by Crippen LogP contribution is -2.55. The zero-order valence-electron chi connectivity index (χ0n) is 12.2. The first-order valence-electron chi connectivity index (χ1n) is 7.26. The molecule has 0 spiro atoms. The van der Waals surface area contributed by atoms with Crippen molar-refractivity contribution < 1.29 is 8.42 Å². The summed E-state index contributed by atoms with van der Waals surface area (Å²) in [5.41, 5.74) is 1.06. The van der Waals surface area contributed by atoms with Crippen LogP contribution in [0.25, 0.3) is 0 Å². The first-order valence-corrected chi connectivity index (χ1v) is 8.91. The molecule has 1 fully saturated rings. The molecule has 3 atom stereocenters. The molecule has 1 heterocycles. The lowest BCUT2D eigenvalue weighted by Gasteiger charge is -2.34. The van der Waals surface area contributed by atoms with E-state index in [1.165, 1.54) is 0 Å². The Bertz CT molecular complexity index is 516. The van der Waals surface area contributed by atoms with Crippen LogP contribution in [-0.2, 0) is 16.4 Å². The van der Waals surface area contributed by atoms with Gasteiger partial charge in [0.2, 0.25) is 10.0 Å². The van der Waals surface area contributed by atoms with Crippen LogP contribution in [0.5, 0.6) is 0 Å². The maximum Gasteiger partial charge on any atom is 0.212 e. The zero-order valence-corrected chi connectivity index (χ0v) is 13.0. The fourth-order valence-corrected chi connectivity index (χ4v) is 4.08. The van der Waals surface area contributed by atoms with Gasteiger partial charge in [-0.05, 0) is 38.7 Å². The van der Waals surface area contributed by atoms with Gasteiger partial charge in [-0.15, -0.1) is 0 Å². The number of hydrogen-bond donors (Lipinski definition) is 2. The molecule has 3 unspecified atom stereocenters. The average Bonchev–Trinajstić information content (AvgIpc) is 2.41. The van der Waals surface area contributed by atoms with Crippen LogP contribution in [0.4, 0.5) is 0 Å². The average molecular weight is 296 g/mol. The number of nitrogens with one attached hydrogen (secondary N) is 2. The van der Waals surface area contributed by atoms with Crippen molar-refractivity contribution in [3.05, 3.63) is 35.9 Å². The van der Waals surface area contributed by atoms with Gasteiger partial charge in [0, 0.05) is 18.1 Å². The molecule has 1 saturated heterocycles. The van der Waals surface area contributed by atoms with Gasteiger partial charge in [-0.1, -0.05) is 30.3 Å². The van der Waals surface area contributed by atoms with Crippen LogP contribution < -0.4 is 10.0 Å². The maximum absolute atomic E-state index is 12.2. The van der Waals surface area contributed by atoms with Gasteiger partial charge in [0.1, 0.15) is 0 Å². The van der Waals surface area contributed by atoms with Crippen LogP contribution in [0.15, 0.2) is 30.3 Å². The number of aryl methyl sites for hydroxylation is 1.